The highest BCUT2D eigenvalue weighted by Crippen LogP contribution is 2.27. The molecular weight excluding hydrogens is 284 g/mol. The Labute approximate surface area is 122 Å². The molecule has 1 aromatic rings. The van der Waals surface area contributed by atoms with Crippen LogP contribution in [0.2, 0.25) is 5.02 Å². The number of benzene rings is 1. The van der Waals surface area contributed by atoms with Crippen LogP contribution in [0, 0.1) is 10.1 Å². The summed E-state index contributed by atoms with van der Waals surface area (Å²) >= 11 is 6.04. The molecule has 0 amide bonds. The van der Waals surface area contributed by atoms with Crippen molar-refractivity contribution in [3.05, 3.63) is 38.9 Å². The van der Waals surface area contributed by atoms with Gasteiger partial charge in [-0.15, -0.1) is 0 Å². The third kappa shape index (κ3) is 3.27. The van der Waals surface area contributed by atoms with E-state index in [0.29, 0.717) is 36.9 Å². The number of rotatable bonds is 6. The number of nitro groups is 1. The van der Waals surface area contributed by atoms with E-state index in [9.17, 15) is 10.1 Å². The van der Waals surface area contributed by atoms with Crippen LogP contribution < -0.4 is 5.32 Å². The molecule has 0 radical (unpaired) electrons. The van der Waals surface area contributed by atoms with Crippen molar-refractivity contribution < 1.29 is 14.4 Å². The summed E-state index contributed by atoms with van der Waals surface area (Å²) in [6.07, 6.45) is 0.807. The Morgan fingerprint density at radius 2 is 2.40 bits per heavy atom. The van der Waals surface area contributed by atoms with Crippen LogP contribution in [0.4, 0.5) is 5.69 Å². The van der Waals surface area contributed by atoms with Crippen LogP contribution in [0.15, 0.2) is 18.2 Å². The first-order valence-electron chi connectivity index (χ1n) is 6.33. The fourth-order valence-corrected chi connectivity index (χ4v) is 2.51. The first kappa shape index (κ1) is 15.2. The molecule has 0 aromatic heterocycles. The van der Waals surface area contributed by atoms with Gasteiger partial charge in [0.15, 0.2) is 0 Å². The number of methoxy groups -OCH3 is 1. The van der Waals surface area contributed by atoms with E-state index in [1.807, 2.05) is 0 Å². The van der Waals surface area contributed by atoms with Crippen molar-refractivity contribution in [2.24, 2.45) is 0 Å². The normalized spacial score (nSPS) is 22.1. The first-order valence-corrected chi connectivity index (χ1v) is 6.71. The smallest absolute Gasteiger partial charge is 0.275 e. The van der Waals surface area contributed by atoms with Crippen LogP contribution in [0.5, 0.6) is 0 Å². The maximum atomic E-state index is 11.0. The second-order valence-electron chi connectivity index (χ2n) is 4.79. The molecule has 7 heteroatoms. The maximum Gasteiger partial charge on any atom is 0.275 e. The summed E-state index contributed by atoms with van der Waals surface area (Å²) in [5.41, 5.74) is 0.166. The average molecular weight is 301 g/mol. The van der Waals surface area contributed by atoms with Gasteiger partial charge in [0, 0.05) is 39.3 Å². The summed E-state index contributed by atoms with van der Waals surface area (Å²) < 4.78 is 10.8. The standard InChI is InChI=1S/C13H17ClN2O4/c1-19-13(5-6-20-9-13)8-15-7-10-11(14)3-2-4-12(10)16(17)18/h2-4,15H,5-9H2,1H3. The van der Waals surface area contributed by atoms with E-state index in [4.69, 9.17) is 21.1 Å². The quantitative estimate of drug-likeness (QED) is 0.643. The molecule has 20 heavy (non-hydrogen) atoms. The van der Waals surface area contributed by atoms with E-state index in [1.165, 1.54) is 6.07 Å². The van der Waals surface area contributed by atoms with Crippen LogP contribution in [-0.4, -0.2) is 37.4 Å². The summed E-state index contributed by atoms with van der Waals surface area (Å²) in [7, 11) is 1.65. The van der Waals surface area contributed by atoms with Gasteiger partial charge in [-0.05, 0) is 6.07 Å². The summed E-state index contributed by atoms with van der Waals surface area (Å²) in [6, 6.07) is 4.68. The molecule has 0 spiro atoms. The molecule has 1 fully saturated rings. The summed E-state index contributed by atoms with van der Waals surface area (Å²) in [4.78, 5) is 10.6. The Hall–Kier alpha value is -1.21. The lowest BCUT2D eigenvalue weighted by Crippen LogP contribution is -2.42. The van der Waals surface area contributed by atoms with Gasteiger partial charge in [-0.2, -0.15) is 0 Å². The second-order valence-corrected chi connectivity index (χ2v) is 5.20. The van der Waals surface area contributed by atoms with Crippen molar-refractivity contribution in [2.75, 3.05) is 26.9 Å². The van der Waals surface area contributed by atoms with Gasteiger partial charge in [-0.3, -0.25) is 10.1 Å². The summed E-state index contributed by atoms with van der Waals surface area (Å²) in [5, 5.41) is 14.6. The van der Waals surface area contributed by atoms with E-state index < -0.39 is 4.92 Å². The van der Waals surface area contributed by atoms with Crippen LogP contribution in [0.3, 0.4) is 0 Å². The third-order valence-electron chi connectivity index (χ3n) is 3.54. The molecule has 1 aliphatic heterocycles. The van der Waals surface area contributed by atoms with Crippen LogP contribution in [-0.2, 0) is 16.0 Å². The van der Waals surface area contributed by atoms with E-state index >= 15 is 0 Å². The molecule has 1 unspecified atom stereocenters. The van der Waals surface area contributed by atoms with Gasteiger partial charge in [-0.25, -0.2) is 0 Å². The molecule has 0 saturated carbocycles. The van der Waals surface area contributed by atoms with Gasteiger partial charge in [0.1, 0.15) is 5.60 Å². The number of nitrogens with zero attached hydrogens (tertiary/aromatic N) is 1. The molecule has 110 valence electrons. The van der Waals surface area contributed by atoms with Gasteiger partial charge in [0.05, 0.1) is 22.1 Å². The minimum absolute atomic E-state index is 0.0270. The predicted octanol–water partition coefficient (Wildman–Crippen LogP) is 2.14. The zero-order valence-electron chi connectivity index (χ0n) is 11.2. The Morgan fingerprint density at radius 3 is 3.00 bits per heavy atom. The number of hydrogen-bond donors (Lipinski definition) is 1. The molecule has 1 heterocycles. The van der Waals surface area contributed by atoms with Crippen molar-refractivity contribution in [1.82, 2.24) is 5.32 Å². The van der Waals surface area contributed by atoms with E-state index in [0.717, 1.165) is 6.42 Å². The molecule has 0 bridgehead atoms. The lowest BCUT2D eigenvalue weighted by atomic mass is 10.0. The highest BCUT2D eigenvalue weighted by Gasteiger charge is 2.34. The molecule has 1 saturated heterocycles. The Morgan fingerprint density at radius 1 is 1.60 bits per heavy atom. The fraction of sp³-hybridized carbons (Fsp3) is 0.538. The summed E-state index contributed by atoms with van der Waals surface area (Å²) in [5.74, 6) is 0. The van der Waals surface area contributed by atoms with Gasteiger partial charge in [0.2, 0.25) is 0 Å². The zero-order chi connectivity index (χ0) is 14.6. The molecule has 2 rings (SSSR count). The Balaban J connectivity index is 2.02. The number of nitro benzene ring substituents is 1. The van der Waals surface area contributed by atoms with E-state index in [1.54, 1.807) is 19.2 Å². The average Bonchev–Trinajstić information content (AvgIpc) is 2.89. The SMILES string of the molecule is COC1(CNCc2c(Cl)cccc2[N+](=O)[O-])CCOC1. The van der Waals surface area contributed by atoms with Crippen molar-refractivity contribution >= 4 is 17.3 Å². The topological polar surface area (TPSA) is 73.6 Å². The second kappa shape index (κ2) is 6.49. The summed E-state index contributed by atoms with van der Waals surface area (Å²) in [6.45, 7) is 2.08. The van der Waals surface area contributed by atoms with Gasteiger partial charge in [-0.1, -0.05) is 17.7 Å². The molecule has 6 nitrogen and oxygen atoms in total. The molecule has 1 N–H and O–H groups in total. The molecular formula is C13H17ClN2O4. The molecule has 1 aliphatic rings. The van der Waals surface area contributed by atoms with E-state index in [2.05, 4.69) is 5.32 Å². The van der Waals surface area contributed by atoms with Crippen molar-refractivity contribution in [1.29, 1.82) is 0 Å². The number of ether oxygens (including phenoxy) is 2. The Kier molecular flexibility index (Phi) is 4.93. The van der Waals surface area contributed by atoms with Gasteiger partial charge in [0.25, 0.3) is 5.69 Å². The zero-order valence-corrected chi connectivity index (χ0v) is 12.0. The van der Waals surface area contributed by atoms with Crippen molar-refractivity contribution in [3.63, 3.8) is 0 Å². The van der Waals surface area contributed by atoms with Crippen molar-refractivity contribution in [2.45, 2.75) is 18.6 Å². The Bertz CT molecular complexity index is 489. The monoisotopic (exact) mass is 300 g/mol. The fourth-order valence-electron chi connectivity index (χ4n) is 2.27. The highest BCUT2D eigenvalue weighted by molar-refractivity contribution is 6.31. The number of halogens is 1. The van der Waals surface area contributed by atoms with Crippen molar-refractivity contribution in [3.8, 4) is 0 Å². The van der Waals surface area contributed by atoms with Gasteiger partial charge >= 0.3 is 0 Å². The first-order chi connectivity index (χ1) is 9.58. The lowest BCUT2D eigenvalue weighted by molar-refractivity contribution is -0.385. The van der Waals surface area contributed by atoms with Crippen LogP contribution in [0.1, 0.15) is 12.0 Å². The van der Waals surface area contributed by atoms with E-state index in [-0.39, 0.29) is 11.3 Å². The number of hydrogen-bond acceptors (Lipinski definition) is 5. The largest absolute Gasteiger partial charge is 0.378 e. The lowest BCUT2D eigenvalue weighted by Gasteiger charge is -2.26. The molecule has 0 aliphatic carbocycles. The molecule has 1 aromatic carbocycles. The highest BCUT2D eigenvalue weighted by atomic mass is 35.5. The number of nitrogens with one attached hydrogen (secondary N) is 1. The minimum atomic E-state index is -0.423. The predicted molar refractivity (Wildman–Crippen MR) is 75.0 cm³/mol. The third-order valence-corrected chi connectivity index (χ3v) is 3.89. The van der Waals surface area contributed by atoms with Crippen LogP contribution in [0.25, 0.3) is 0 Å². The maximum absolute atomic E-state index is 11.0. The van der Waals surface area contributed by atoms with Gasteiger partial charge < -0.3 is 14.8 Å². The molecule has 1 atom stereocenters. The van der Waals surface area contributed by atoms with Crippen LogP contribution >= 0.6 is 11.6 Å². The minimum Gasteiger partial charge on any atom is -0.378 e.